The van der Waals surface area contributed by atoms with Crippen LogP contribution in [0.1, 0.15) is 85.0 Å². The van der Waals surface area contributed by atoms with Gasteiger partial charge in [0.1, 0.15) is 12.3 Å². The summed E-state index contributed by atoms with van der Waals surface area (Å²) in [5.74, 6) is 0. The summed E-state index contributed by atoms with van der Waals surface area (Å²) in [5, 5.41) is 1.26. The zero-order valence-corrected chi connectivity index (χ0v) is 18.2. The van der Waals surface area contributed by atoms with Crippen molar-refractivity contribution in [1.29, 1.82) is 0 Å². The Labute approximate surface area is 154 Å². The second-order valence-electron chi connectivity index (χ2n) is 5.38. The molecular formula is C16H35AlO4P2+2. The summed E-state index contributed by atoms with van der Waals surface area (Å²) in [5.41, 5.74) is 0. The van der Waals surface area contributed by atoms with E-state index in [4.69, 9.17) is 0 Å². The third kappa shape index (κ3) is 45.0. The van der Waals surface area contributed by atoms with Crippen molar-refractivity contribution < 1.29 is 18.9 Å². The van der Waals surface area contributed by atoms with Crippen molar-refractivity contribution in [3.05, 3.63) is 0 Å². The molecule has 0 aliphatic carbocycles. The first kappa shape index (κ1) is 28.5. The third-order valence-electron chi connectivity index (χ3n) is 2.95. The summed E-state index contributed by atoms with van der Waals surface area (Å²) in [6.45, 7) is 6.42. The molecule has 0 spiro atoms. The van der Waals surface area contributed by atoms with Crippen LogP contribution in [0.25, 0.3) is 0 Å². The van der Waals surface area contributed by atoms with E-state index in [1.54, 1.807) is 0 Å². The summed E-state index contributed by atoms with van der Waals surface area (Å²) in [6, 6.07) is 0. The summed E-state index contributed by atoms with van der Waals surface area (Å²) >= 11 is 2.70. The van der Waals surface area contributed by atoms with Crippen molar-refractivity contribution in [2.75, 3.05) is 12.3 Å². The zero-order chi connectivity index (χ0) is 18.3. The average Bonchev–Trinajstić information content (AvgIpc) is 2.50. The van der Waals surface area contributed by atoms with Gasteiger partial charge < -0.3 is 9.79 Å². The van der Waals surface area contributed by atoms with Crippen LogP contribution in [0.2, 0.25) is 5.28 Å². The van der Waals surface area contributed by atoms with Crippen LogP contribution < -0.4 is 9.79 Å². The molecule has 7 heteroatoms. The molecule has 23 heavy (non-hydrogen) atoms. The second kappa shape index (κ2) is 27.5. The Morgan fingerprint density at radius 1 is 0.652 bits per heavy atom. The molecule has 0 N–H and O–H groups in total. The Bertz CT molecular complexity index is 230. The van der Waals surface area contributed by atoms with E-state index in [0.717, 1.165) is 51.4 Å². The standard InChI is InChI=1S/2C6H13O2P.C4H9.Al/c2*1-2-3-4-5-6-9(7)8;1-3-4-2;/h2*2-6H2,1H3;1,3-4H2,2H3;/q;;;+2. The molecule has 0 aromatic rings. The summed E-state index contributed by atoms with van der Waals surface area (Å²) in [6.07, 6.45) is 11.8. The van der Waals surface area contributed by atoms with E-state index in [2.05, 4.69) is 37.1 Å². The first-order chi connectivity index (χ1) is 11.0. The topological polar surface area (TPSA) is 80.3 Å². The van der Waals surface area contributed by atoms with Gasteiger partial charge in [0.05, 0.1) is 0 Å². The number of rotatable bonds is 12. The van der Waals surface area contributed by atoms with Crippen LogP contribution >= 0.6 is 16.1 Å². The van der Waals surface area contributed by atoms with Gasteiger partial charge in [-0.1, -0.05) is 48.7 Å². The van der Waals surface area contributed by atoms with Crippen molar-refractivity contribution >= 4 is 32.3 Å². The zero-order valence-electron chi connectivity index (χ0n) is 15.3. The van der Waals surface area contributed by atoms with Crippen molar-refractivity contribution in [2.45, 2.75) is 90.3 Å². The molecule has 0 aliphatic heterocycles. The molecule has 0 aliphatic rings. The maximum absolute atomic E-state index is 10.00. The first-order valence-corrected chi connectivity index (χ1v) is 12.4. The van der Waals surface area contributed by atoms with Gasteiger partial charge in [-0.25, -0.2) is 0 Å². The summed E-state index contributed by atoms with van der Waals surface area (Å²) in [4.78, 5) is 20.0. The van der Waals surface area contributed by atoms with E-state index in [9.17, 15) is 18.9 Å². The minimum atomic E-state index is -2.12. The summed E-state index contributed by atoms with van der Waals surface area (Å²) in [7, 11) is -4.23. The molecule has 0 saturated carbocycles. The number of unbranched alkanes of at least 4 members (excludes halogenated alkanes) is 7. The van der Waals surface area contributed by atoms with Crippen molar-refractivity contribution in [1.82, 2.24) is 0 Å². The fraction of sp³-hybridized carbons (Fsp3) is 1.00. The van der Waals surface area contributed by atoms with Gasteiger partial charge >= 0.3 is 57.4 Å². The third-order valence-corrected chi connectivity index (χ3v) is 4.72. The van der Waals surface area contributed by atoms with Gasteiger partial charge in [0.25, 0.3) is 0 Å². The first-order valence-electron chi connectivity index (χ1n) is 8.89. The molecule has 0 aromatic carbocycles. The van der Waals surface area contributed by atoms with E-state index in [1.807, 2.05) is 0 Å². The Morgan fingerprint density at radius 2 is 1.00 bits per heavy atom. The molecule has 0 bridgehead atoms. The molecule has 134 valence electrons. The van der Waals surface area contributed by atoms with Gasteiger partial charge in [-0.05, 0) is 25.7 Å². The molecule has 0 heterocycles. The van der Waals surface area contributed by atoms with E-state index in [0.29, 0.717) is 12.3 Å². The predicted octanol–water partition coefficient (Wildman–Crippen LogP) is 4.71. The van der Waals surface area contributed by atoms with Crippen molar-refractivity contribution in [3.63, 3.8) is 0 Å². The Balaban J connectivity index is -0.000000273. The summed E-state index contributed by atoms with van der Waals surface area (Å²) < 4.78 is 20.0. The van der Waals surface area contributed by atoms with Crippen LogP contribution in [0.5, 0.6) is 0 Å². The van der Waals surface area contributed by atoms with Gasteiger partial charge in [0.15, 0.2) is 0 Å². The van der Waals surface area contributed by atoms with Gasteiger partial charge in [-0.15, -0.1) is 0 Å². The van der Waals surface area contributed by atoms with Crippen LogP contribution in [0.4, 0.5) is 0 Å². The molecule has 0 amide bonds. The van der Waals surface area contributed by atoms with Crippen LogP contribution in [-0.2, 0) is 9.13 Å². The fourth-order valence-electron chi connectivity index (χ4n) is 1.54. The number of hydrogen-bond donors (Lipinski definition) is 0. The Morgan fingerprint density at radius 3 is 1.17 bits per heavy atom. The van der Waals surface area contributed by atoms with E-state index >= 15 is 0 Å². The maximum atomic E-state index is 10.00. The number of hydrogen-bond acceptors (Lipinski definition) is 4. The normalized spacial score (nSPS) is 10.9. The van der Waals surface area contributed by atoms with Crippen LogP contribution in [0.15, 0.2) is 0 Å². The molecule has 0 saturated heterocycles. The molecule has 0 fully saturated rings. The van der Waals surface area contributed by atoms with E-state index in [1.165, 1.54) is 18.1 Å². The quantitative estimate of drug-likeness (QED) is 0.279. The Kier molecular flexibility index (Phi) is 34.0. The molecule has 4 nitrogen and oxygen atoms in total. The van der Waals surface area contributed by atoms with Gasteiger partial charge in [-0.3, -0.25) is 0 Å². The molecular weight excluding hydrogens is 345 g/mol. The predicted molar refractivity (Wildman–Crippen MR) is 98.7 cm³/mol. The minimum absolute atomic E-state index is 0.370. The molecule has 0 rings (SSSR count). The van der Waals surface area contributed by atoms with Gasteiger partial charge in [0, 0.05) is 0 Å². The van der Waals surface area contributed by atoms with E-state index < -0.39 is 16.1 Å². The van der Waals surface area contributed by atoms with E-state index in [-0.39, 0.29) is 0 Å². The van der Waals surface area contributed by atoms with Gasteiger partial charge in [0.2, 0.25) is 0 Å². The fourth-order valence-corrected chi connectivity index (χ4v) is 2.91. The second-order valence-corrected chi connectivity index (χ2v) is 8.18. The van der Waals surface area contributed by atoms with Gasteiger partial charge in [-0.2, -0.15) is 0 Å². The Hall–Kier alpha value is 0.652. The van der Waals surface area contributed by atoms with Crippen LogP contribution in [-0.4, -0.2) is 28.6 Å². The van der Waals surface area contributed by atoms with Crippen molar-refractivity contribution in [2.24, 2.45) is 0 Å². The monoisotopic (exact) mass is 380 g/mol. The molecule has 2 unspecified atom stereocenters. The molecule has 0 radical (unpaired) electrons. The SMILES string of the molecule is CCCCCC[P+](=O)[O-].CCCCCC[P+](=O)[O-].CCC[CH2][Al+2]. The average molecular weight is 380 g/mol. The molecule has 0 aromatic heterocycles. The van der Waals surface area contributed by atoms with Crippen LogP contribution in [0, 0.1) is 0 Å². The molecule has 2 atom stereocenters. The van der Waals surface area contributed by atoms with Crippen molar-refractivity contribution in [3.8, 4) is 0 Å². The van der Waals surface area contributed by atoms with Crippen LogP contribution in [0.3, 0.4) is 0 Å².